The van der Waals surface area contributed by atoms with E-state index in [1.54, 1.807) is 36.4 Å². The second-order valence-corrected chi connectivity index (χ2v) is 9.34. The highest BCUT2D eigenvalue weighted by molar-refractivity contribution is 7.93. The Morgan fingerprint density at radius 1 is 0.781 bits per heavy atom. The molecule has 0 spiro atoms. The molecule has 0 saturated heterocycles. The molecule has 3 amide bonds. The summed E-state index contributed by atoms with van der Waals surface area (Å²) >= 11 is 0. The van der Waals surface area contributed by atoms with Gasteiger partial charge in [0.15, 0.2) is 0 Å². The van der Waals surface area contributed by atoms with Gasteiger partial charge in [-0.2, -0.15) is 0 Å². The molecule has 32 heavy (non-hydrogen) atoms. The number of fused-ring (bicyclic) bond motifs is 1. The van der Waals surface area contributed by atoms with Gasteiger partial charge in [0.25, 0.3) is 27.7 Å². The molecule has 0 fully saturated rings. The van der Waals surface area contributed by atoms with Crippen LogP contribution in [0.15, 0.2) is 77.7 Å². The van der Waals surface area contributed by atoms with E-state index < -0.39 is 34.3 Å². The van der Waals surface area contributed by atoms with E-state index in [2.05, 4.69) is 0 Å². The van der Waals surface area contributed by atoms with Gasteiger partial charge in [0, 0.05) is 0 Å². The van der Waals surface area contributed by atoms with Gasteiger partial charge in [0.05, 0.1) is 21.7 Å². The smallest absolute Gasteiger partial charge is 0.270 e. The summed E-state index contributed by atoms with van der Waals surface area (Å²) in [5.41, 5.74) is 2.25. The van der Waals surface area contributed by atoms with Crippen molar-refractivity contribution >= 4 is 33.4 Å². The first-order valence-electron chi connectivity index (χ1n) is 9.87. The van der Waals surface area contributed by atoms with Crippen LogP contribution in [0.2, 0.25) is 0 Å². The van der Waals surface area contributed by atoms with E-state index in [1.807, 2.05) is 13.8 Å². The van der Waals surface area contributed by atoms with Crippen molar-refractivity contribution in [2.75, 3.05) is 10.8 Å². The summed E-state index contributed by atoms with van der Waals surface area (Å²) in [5.74, 6) is -2.17. The van der Waals surface area contributed by atoms with Crippen LogP contribution in [-0.2, 0) is 14.8 Å². The van der Waals surface area contributed by atoms with Gasteiger partial charge in [-0.15, -0.1) is 0 Å². The second kappa shape index (κ2) is 8.05. The van der Waals surface area contributed by atoms with Gasteiger partial charge < -0.3 is 0 Å². The number of carbonyl (C=O) groups is 3. The first kappa shape index (κ1) is 21.5. The van der Waals surface area contributed by atoms with Gasteiger partial charge in [-0.05, 0) is 50.2 Å². The van der Waals surface area contributed by atoms with Crippen molar-refractivity contribution in [1.29, 1.82) is 0 Å². The summed E-state index contributed by atoms with van der Waals surface area (Å²) in [5, 5.41) is 0. The summed E-state index contributed by atoms with van der Waals surface area (Å²) in [6.07, 6.45) is 0. The SMILES string of the molecule is Cc1ccc(N(C(=O)CN2C(=O)c3ccccc3C2=O)S(=O)(=O)c2ccc(C)cc2)cc1. The van der Waals surface area contributed by atoms with Crippen LogP contribution in [0.4, 0.5) is 5.69 Å². The molecule has 162 valence electrons. The number of imide groups is 1. The Balaban J connectivity index is 1.73. The zero-order chi connectivity index (χ0) is 23.0. The molecule has 3 aromatic carbocycles. The summed E-state index contributed by atoms with van der Waals surface area (Å²) in [6, 6.07) is 18.7. The summed E-state index contributed by atoms with van der Waals surface area (Å²) in [7, 11) is -4.29. The molecular weight excluding hydrogens is 428 g/mol. The van der Waals surface area contributed by atoms with Crippen LogP contribution in [-0.4, -0.2) is 37.6 Å². The monoisotopic (exact) mass is 448 g/mol. The Morgan fingerprint density at radius 2 is 1.25 bits per heavy atom. The second-order valence-electron chi connectivity index (χ2n) is 7.55. The maximum atomic E-state index is 13.4. The Bertz CT molecular complexity index is 1290. The molecule has 7 nitrogen and oxygen atoms in total. The predicted octanol–water partition coefficient (Wildman–Crippen LogP) is 3.32. The van der Waals surface area contributed by atoms with Crippen molar-refractivity contribution < 1.29 is 22.8 Å². The van der Waals surface area contributed by atoms with Gasteiger partial charge in [-0.1, -0.05) is 47.5 Å². The van der Waals surface area contributed by atoms with Crippen LogP contribution in [0, 0.1) is 13.8 Å². The van der Waals surface area contributed by atoms with E-state index >= 15 is 0 Å². The Kier molecular flexibility index (Phi) is 5.40. The molecule has 0 radical (unpaired) electrons. The zero-order valence-corrected chi connectivity index (χ0v) is 18.3. The lowest BCUT2D eigenvalue weighted by Crippen LogP contribution is -2.45. The van der Waals surface area contributed by atoms with E-state index in [9.17, 15) is 22.8 Å². The quantitative estimate of drug-likeness (QED) is 0.559. The van der Waals surface area contributed by atoms with Crippen LogP contribution < -0.4 is 4.31 Å². The predicted molar refractivity (Wildman–Crippen MR) is 119 cm³/mol. The van der Waals surface area contributed by atoms with E-state index in [4.69, 9.17) is 0 Å². The van der Waals surface area contributed by atoms with Crippen molar-refractivity contribution in [1.82, 2.24) is 4.90 Å². The van der Waals surface area contributed by atoms with E-state index in [1.165, 1.54) is 36.4 Å². The number of amides is 3. The van der Waals surface area contributed by atoms with Crippen molar-refractivity contribution in [2.24, 2.45) is 0 Å². The van der Waals surface area contributed by atoms with Crippen LogP contribution in [0.25, 0.3) is 0 Å². The van der Waals surface area contributed by atoms with Gasteiger partial charge in [0.1, 0.15) is 6.54 Å². The largest absolute Gasteiger partial charge is 0.271 e. The molecule has 0 atom stereocenters. The Labute approximate surface area is 185 Å². The number of sulfonamides is 1. The number of rotatable bonds is 5. The fourth-order valence-corrected chi connectivity index (χ4v) is 4.91. The minimum absolute atomic E-state index is 0.0700. The number of aryl methyl sites for hydroxylation is 2. The average Bonchev–Trinajstić information content (AvgIpc) is 3.00. The van der Waals surface area contributed by atoms with Crippen LogP contribution in [0.1, 0.15) is 31.8 Å². The third kappa shape index (κ3) is 3.69. The third-order valence-electron chi connectivity index (χ3n) is 5.23. The van der Waals surface area contributed by atoms with Crippen molar-refractivity contribution in [3.8, 4) is 0 Å². The molecule has 8 heteroatoms. The van der Waals surface area contributed by atoms with Crippen LogP contribution in [0.3, 0.4) is 0 Å². The zero-order valence-electron chi connectivity index (χ0n) is 17.5. The molecule has 0 unspecified atom stereocenters. The first-order chi connectivity index (χ1) is 15.2. The molecule has 0 aromatic heterocycles. The maximum Gasteiger partial charge on any atom is 0.270 e. The number of anilines is 1. The fourth-order valence-electron chi connectivity index (χ4n) is 3.49. The third-order valence-corrected chi connectivity index (χ3v) is 6.99. The van der Waals surface area contributed by atoms with E-state index in [0.717, 1.165) is 16.0 Å². The van der Waals surface area contributed by atoms with Crippen molar-refractivity contribution in [3.05, 3.63) is 95.1 Å². The summed E-state index contributed by atoms with van der Waals surface area (Å²) in [6.45, 7) is 2.95. The Morgan fingerprint density at radius 3 is 1.75 bits per heavy atom. The highest BCUT2D eigenvalue weighted by Crippen LogP contribution is 2.27. The number of benzene rings is 3. The fraction of sp³-hybridized carbons (Fsp3) is 0.125. The van der Waals surface area contributed by atoms with E-state index in [0.29, 0.717) is 4.31 Å². The van der Waals surface area contributed by atoms with Gasteiger partial charge in [-0.3, -0.25) is 19.3 Å². The molecule has 1 aliphatic heterocycles. The standard InChI is InChI=1S/C24H20N2O5S/c1-16-7-11-18(12-8-16)26(32(30,31)19-13-9-17(2)10-14-19)22(27)15-25-23(28)20-5-3-4-6-21(20)24(25)29/h3-14H,15H2,1-2H3. The number of nitrogens with zero attached hydrogens (tertiary/aromatic N) is 2. The normalized spacial score (nSPS) is 13.2. The number of hydrogen-bond donors (Lipinski definition) is 0. The van der Waals surface area contributed by atoms with E-state index in [-0.39, 0.29) is 21.7 Å². The van der Waals surface area contributed by atoms with Crippen molar-refractivity contribution in [2.45, 2.75) is 18.7 Å². The summed E-state index contributed by atoms with van der Waals surface area (Å²) < 4.78 is 27.5. The molecular formula is C24H20N2O5S. The lowest BCUT2D eigenvalue weighted by Gasteiger charge is -2.25. The first-order valence-corrected chi connectivity index (χ1v) is 11.3. The highest BCUT2D eigenvalue weighted by atomic mass is 32.2. The minimum Gasteiger partial charge on any atom is -0.271 e. The lowest BCUT2D eigenvalue weighted by molar-refractivity contribution is -0.117. The van der Waals surface area contributed by atoms with Gasteiger partial charge in [0.2, 0.25) is 0 Å². The topological polar surface area (TPSA) is 91.8 Å². The number of carbonyl (C=O) groups excluding carboxylic acids is 3. The number of hydrogen-bond acceptors (Lipinski definition) is 5. The average molecular weight is 449 g/mol. The lowest BCUT2D eigenvalue weighted by atomic mass is 10.1. The summed E-state index contributed by atoms with van der Waals surface area (Å²) in [4.78, 5) is 39.4. The van der Waals surface area contributed by atoms with Crippen molar-refractivity contribution in [3.63, 3.8) is 0 Å². The minimum atomic E-state index is -4.29. The molecule has 4 rings (SSSR count). The van der Waals surface area contributed by atoms with Crippen LogP contribution >= 0.6 is 0 Å². The van der Waals surface area contributed by atoms with Crippen LogP contribution in [0.5, 0.6) is 0 Å². The molecule has 3 aromatic rings. The van der Waals surface area contributed by atoms with Gasteiger partial charge >= 0.3 is 0 Å². The highest BCUT2D eigenvalue weighted by Gasteiger charge is 2.39. The Hall–Kier alpha value is -3.78. The molecule has 0 N–H and O–H groups in total. The maximum absolute atomic E-state index is 13.4. The van der Waals surface area contributed by atoms with Gasteiger partial charge in [-0.25, -0.2) is 12.7 Å². The molecule has 0 aliphatic carbocycles. The molecule has 1 heterocycles. The molecule has 1 aliphatic rings. The molecule has 0 saturated carbocycles. The molecule has 0 bridgehead atoms.